The average Bonchev–Trinajstić information content (AvgIpc) is 2.77. The largest absolute Gasteiger partial charge is 0.381 e. The highest BCUT2D eigenvalue weighted by Gasteiger charge is 2.35. The Morgan fingerprint density at radius 1 is 0.848 bits per heavy atom. The van der Waals surface area contributed by atoms with Crippen molar-refractivity contribution in [1.29, 1.82) is 0 Å². The number of halogens is 6. The minimum Gasteiger partial charge on any atom is -0.381 e. The summed E-state index contributed by atoms with van der Waals surface area (Å²) in [7, 11) is 0. The van der Waals surface area contributed by atoms with Crippen LogP contribution in [-0.4, -0.2) is 33.9 Å². The highest BCUT2D eigenvalue weighted by molar-refractivity contribution is 6.67. The zero-order chi connectivity index (χ0) is 24.2. The molecule has 176 valence electrons. The number of nitrogens with zero attached hydrogens (tertiary/aromatic N) is 3. The summed E-state index contributed by atoms with van der Waals surface area (Å²) in [5.41, 5.74) is 1.41. The minimum absolute atomic E-state index is 0.298. The number of carbonyl (C=O) groups is 1. The van der Waals surface area contributed by atoms with Gasteiger partial charge in [-0.25, -0.2) is 15.0 Å². The molecule has 0 spiro atoms. The predicted octanol–water partition coefficient (Wildman–Crippen LogP) is 7.27. The van der Waals surface area contributed by atoms with Crippen molar-refractivity contribution in [2.45, 2.75) is 33.8 Å². The Morgan fingerprint density at radius 2 is 1.45 bits per heavy atom. The molecule has 0 atom stereocenters. The Balaban J connectivity index is 2.02. The van der Waals surface area contributed by atoms with Crippen molar-refractivity contribution >= 4 is 86.2 Å². The molecule has 1 aromatic heterocycles. The molecule has 0 unspecified atom stereocenters. The van der Waals surface area contributed by atoms with Crippen molar-refractivity contribution in [3.63, 3.8) is 0 Å². The third kappa shape index (κ3) is 6.82. The standard InChI is InChI=1S/C22H19Cl6N3O2/c1-2-3-11-33-12-10-13-8-9-16(15-7-5-4-6-14(13)15)17(32)18-29-19(21(23,24)25)31-20(30-18)22(26,27)28/h4-9H,2-3,10-12H2,1H3. The number of benzene rings is 2. The molecule has 11 heteroatoms. The normalized spacial score (nSPS) is 12.3. The van der Waals surface area contributed by atoms with Crippen LogP contribution in [0.15, 0.2) is 36.4 Å². The SMILES string of the molecule is CCCCOCCc1ccc(C(=O)c2nc(C(Cl)(Cl)Cl)nc(C(Cl)(Cl)Cl)n2)c2ccccc12. The van der Waals surface area contributed by atoms with E-state index in [0.717, 1.165) is 35.8 Å². The number of ketones is 1. The number of unbranched alkanes of at least 4 members (excludes halogenated alkanes) is 1. The minimum atomic E-state index is -2.05. The van der Waals surface area contributed by atoms with E-state index in [9.17, 15) is 4.79 Å². The van der Waals surface area contributed by atoms with E-state index >= 15 is 0 Å². The van der Waals surface area contributed by atoms with Gasteiger partial charge in [-0.3, -0.25) is 4.79 Å². The molecule has 0 radical (unpaired) electrons. The van der Waals surface area contributed by atoms with Gasteiger partial charge in [0.2, 0.25) is 19.2 Å². The zero-order valence-corrected chi connectivity index (χ0v) is 22.0. The molecule has 33 heavy (non-hydrogen) atoms. The summed E-state index contributed by atoms with van der Waals surface area (Å²) in [6.45, 7) is 3.43. The number of hydrogen-bond acceptors (Lipinski definition) is 5. The van der Waals surface area contributed by atoms with Crippen molar-refractivity contribution in [1.82, 2.24) is 15.0 Å². The summed E-state index contributed by atoms with van der Waals surface area (Å²) >= 11 is 35.5. The summed E-state index contributed by atoms with van der Waals surface area (Å²) < 4.78 is 1.60. The second-order valence-corrected chi connectivity index (χ2v) is 11.7. The van der Waals surface area contributed by atoms with Crippen LogP contribution in [0.4, 0.5) is 0 Å². The van der Waals surface area contributed by atoms with Gasteiger partial charge in [0.15, 0.2) is 11.6 Å². The molecule has 0 N–H and O–H groups in total. The number of fused-ring (bicyclic) bond motifs is 1. The first-order valence-corrected chi connectivity index (χ1v) is 12.3. The van der Waals surface area contributed by atoms with Crippen LogP contribution in [0.1, 0.15) is 53.2 Å². The van der Waals surface area contributed by atoms with Gasteiger partial charge < -0.3 is 4.74 Å². The smallest absolute Gasteiger partial charge is 0.250 e. The fraction of sp³-hybridized carbons (Fsp3) is 0.364. The molecular formula is C22H19Cl6N3O2. The maximum Gasteiger partial charge on any atom is 0.250 e. The summed E-state index contributed by atoms with van der Waals surface area (Å²) in [6, 6.07) is 11.1. The molecule has 3 rings (SSSR count). The first kappa shape index (κ1) is 26.7. The van der Waals surface area contributed by atoms with E-state index in [-0.39, 0.29) is 17.5 Å². The number of rotatable bonds is 8. The maximum absolute atomic E-state index is 13.4. The fourth-order valence-electron chi connectivity index (χ4n) is 3.16. The topological polar surface area (TPSA) is 65.0 Å². The van der Waals surface area contributed by atoms with Crippen molar-refractivity contribution in [2.75, 3.05) is 13.2 Å². The van der Waals surface area contributed by atoms with Crippen LogP contribution in [0.25, 0.3) is 10.8 Å². The first-order valence-electron chi connectivity index (χ1n) is 10.1. The maximum atomic E-state index is 13.4. The van der Waals surface area contributed by atoms with Gasteiger partial charge in [-0.2, -0.15) is 0 Å². The van der Waals surface area contributed by atoms with Crippen LogP contribution < -0.4 is 0 Å². The Morgan fingerprint density at radius 3 is 2.03 bits per heavy atom. The molecule has 0 amide bonds. The van der Waals surface area contributed by atoms with Crippen molar-refractivity contribution in [2.24, 2.45) is 0 Å². The van der Waals surface area contributed by atoms with Gasteiger partial charge in [0.1, 0.15) is 0 Å². The predicted molar refractivity (Wildman–Crippen MR) is 135 cm³/mol. The summed E-state index contributed by atoms with van der Waals surface area (Å²) in [5.74, 6) is -1.46. The summed E-state index contributed by atoms with van der Waals surface area (Å²) in [4.78, 5) is 25.4. The van der Waals surface area contributed by atoms with E-state index in [2.05, 4.69) is 21.9 Å². The molecule has 0 saturated carbocycles. The molecule has 0 saturated heterocycles. The molecule has 0 bridgehead atoms. The van der Waals surface area contributed by atoms with Gasteiger partial charge in [0.05, 0.1) is 6.61 Å². The lowest BCUT2D eigenvalue weighted by Gasteiger charge is -2.16. The van der Waals surface area contributed by atoms with E-state index in [4.69, 9.17) is 74.3 Å². The highest BCUT2D eigenvalue weighted by Crippen LogP contribution is 2.40. The van der Waals surface area contributed by atoms with E-state index in [1.807, 2.05) is 30.3 Å². The lowest BCUT2D eigenvalue weighted by Crippen LogP contribution is -2.21. The number of aromatic nitrogens is 3. The van der Waals surface area contributed by atoms with Gasteiger partial charge in [-0.15, -0.1) is 0 Å². The van der Waals surface area contributed by atoms with Crippen molar-refractivity contribution in [3.05, 3.63) is 65.0 Å². The Labute approximate surface area is 221 Å². The van der Waals surface area contributed by atoms with Crippen LogP contribution in [0.5, 0.6) is 0 Å². The third-order valence-corrected chi connectivity index (χ3v) is 5.78. The quantitative estimate of drug-likeness (QED) is 0.162. The lowest BCUT2D eigenvalue weighted by atomic mass is 9.95. The molecule has 0 aliphatic heterocycles. The van der Waals surface area contributed by atoms with Gasteiger partial charge in [0.25, 0.3) is 0 Å². The van der Waals surface area contributed by atoms with E-state index in [0.29, 0.717) is 18.6 Å². The van der Waals surface area contributed by atoms with Crippen molar-refractivity contribution < 1.29 is 9.53 Å². The molecule has 0 fully saturated rings. The van der Waals surface area contributed by atoms with E-state index < -0.39 is 13.4 Å². The second kappa shape index (κ2) is 11.2. The second-order valence-electron chi connectivity index (χ2n) is 7.16. The number of hydrogen-bond donors (Lipinski definition) is 0. The summed E-state index contributed by atoms with van der Waals surface area (Å²) in [5, 5.41) is 1.64. The Hall–Kier alpha value is -0.920. The fourth-order valence-corrected chi connectivity index (χ4v) is 3.67. The van der Waals surface area contributed by atoms with Gasteiger partial charge in [0, 0.05) is 12.2 Å². The Bertz CT molecular complexity index is 1110. The van der Waals surface area contributed by atoms with Gasteiger partial charge in [-0.1, -0.05) is 113 Å². The summed E-state index contributed by atoms with van der Waals surface area (Å²) in [6.07, 6.45) is 2.81. The molecule has 3 aromatic rings. The molecule has 5 nitrogen and oxygen atoms in total. The van der Waals surface area contributed by atoms with Crippen LogP contribution in [0.3, 0.4) is 0 Å². The monoisotopic (exact) mass is 567 g/mol. The molecule has 0 aliphatic rings. The number of alkyl halides is 6. The molecule has 0 aliphatic carbocycles. The Kier molecular flexibility index (Phi) is 9.07. The van der Waals surface area contributed by atoms with Crippen LogP contribution in [0.2, 0.25) is 0 Å². The van der Waals surface area contributed by atoms with Crippen LogP contribution >= 0.6 is 69.6 Å². The number of carbonyl (C=O) groups excluding carboxylic acids is 1. The average molecular weight is 570 g/mol. The zero-order valence-electron chi connectivity index (χ0n) is 17.4. The van der Waals surface area contributed by atoms with E-state index in [1.165, 1.54) is 0 Å². The molecule has 2 aromatic carbocycles. The van der Waals surface area contributed by atoms with E-state index in [1.54, 1.807) is 6.07 Å². The van der Waals surface area contributed by atoms with Gasteiger partial charge >= 0.3 is 0 Å². The number of ether oxygens (including phenoxy) is 1. The van der Waals surface area contributed by atoms with Gasteiger partial charge in [-0.05, 0) is 35.2 Å². The van der Waals surface area contributed by atoms with Crippen LogP contribution in [-0.2, 0) is 18.7 Å². The molecule has 1 heterocycles. The first-order chi connectivity index (χ1) is 15.5. The van der Waals surface area contributed by atoms with Crippen LogP contribution in [0, 0.1) is 0 Å². The third-order valence-electron chi connectivity index (χ3n) is 4.76. The molecular weight excluding hydrogens is 551 g/mol. The lowest BCUT2D eigenvalue weighted by molar-refractivity contribution is 0.103. The highest BCUT2D eigenvalue weighted by atomic mass is 35.6. The van der Waals surface area contributed by atoms with Crippen molar-refractivity contribution in [3.8, 4) is 0 Å².